The van der Waals surface area contributed by atoms with E-state index in [1.54, 1.807) is 43.3 Å². The zero-order chi connectivity index (χ0) is 21.4. The monoisotopic (exact) mass is 447 g/mol. The van der Waals surface area contributed by atoms with Crippen LogP contribution in [0, 0.1) is 0 Å². The molecule has 158 valence electrons. The molecule has 1 aliphatic rings. The van der Waals surface area contributed by atoms with Gasteiger partial charge in [0.15, 0.2) is 15.0 Å². The minimum Gasteiger partial charge on any atom is -0.467 e. The molecule has 1 atom stereocenters. The lowest BCUT2D eigenvalue weighted by Gasteiger charge is -2.23. The van der Waals surface area contributed by atoms with E-state index in [2.05, 4.69) is 10.3 Å². The molecule has 1 aliphatic heterocycles. The van der Waals surface area contributed by atoms with E-state index in [4.69, 9.17) is 4.42 Å². The van der Waals surface area contributed by atoms with Gasteiger partial charge in [-0.25, -0.2) is 13.4 Å². The highest BCUT2D eigenvalue weighted by molar-refractivity contribution is 7.99. The summed E-state index contributed by atoms with van der Waals surface area (Å²) < 4.78 is 30.4. The van der Waals surface area contributed by atoms with E-state index >= 15 is 0 Å². The van der Waals surface area contributed by atoms with Gasteiger partial charge in [-0.1, -0.05) is 23.9 Å². The number of furan rings is 1. The minimum absolute atomic E-state index is 0.0125. The molecule has 0 radical (unpaired) electrons. The fourth-order valence-electron chi connectivity index (χ4n) is 3.57. The molecule has 1 aromatic carbocycles. The standard InChI is InChI=1S/C20H21N3O5S2/c1-20(8-10-30(26,27)13-20)22-17(24)12-29-19-21-16-7-3-2-6-15(16)18(25)23(19)11-14-5-4-9-28-14/h2-7,9H,8,10-13H2,1H3,(H,22,24). The van der Waals surface area contributed by atoms with Crippen LogP contribution in [0.5, 0.6) is 0 Å². The van der Waals surface area contributed by atoms with Crippen LogP contribution in [-0.4, -0.2) is 46.7 Å². The topological polar surface area (TPSA) is 111 Å². The van der Waals surface area contributed by atoms with E-state index in [1.165, 1.54) is 10.8 Å². The summed E-state index contributed by atoms with van der Waals surface area (Å²) in [6.45, 7) is 1.94. The van der Waals surface area contributed by atoms with Gasteiger partial charge in [0.2, 0.25) is 5.91 Å². The summed E-state index contributed by atoms with van der Waals surface area (Å²) in [7, 11) is -3.12. The van der Waals surface area contributed by atoms with Crippen LogP contribution in [0.15, 0.2) is 57.0 Å². The third-order valence-corrected chi connectivity index (χ3v) is 7.88. The maximum absolute atomic E-state index is 13.0. The van der Waals surface area contributed by atoms with Gasteiger partial charge in [0.25, 0.3) is 5.56 Å². The molecule has 0 bridgehead atoms. The van der Waals surface area contributed by atoms with E-state index in [-0.39, 0.29) is 35.3 Å². The van der Waals surface area contributed by atoms with Crippen LogP contribution in [0.3, 0.4) is 0 Å². The van der Waals surface area contributed by atoms with Crippen LogP contribution in [0.2, 0.25) is 0 Å². The number of nitrogens with one attached hydrogen (secondary N) is 1. The molecule has 1 fully saturated rings. The van der Waals surface area contributed by atoms with E-state index in [9.17, 15) is 18.0 Å². The number of amides is 1. The molecule has 1 amide bonds. The third-order valence-electron chi connectivity index (χ3n) is 5.00. The van der Waals surface area contributed by atoms with Crippen LogP contribution in [0.1, 0.15) is 19.1 Å². The molecule has 0 spiro atoms. The first-order valence-corrected chi connectivity index (χ1v) is 12.2. The first-order valence-electron chi connectivity index (χ1n) is 9.41. The second-order valence-corrected chi connectivity index (χ2v) is 10.7. The number of para-hydroxylation sites is 1. The highest BCUT2D eigenvalue weighted by Crippen LogP contribution is 2.24. The quantitative estimate of drug-likeness (QED) is 0.453. The molecule has 1 saturated heterocycles. The molecule has 10 heteroatoms. The Morgan fingerprint density at radius 2 is 2.10 bits per heavy atom. The van der Waals surface area contributed by atoms with Gasteiger partial charge in [-0.2, -0.15) is 0 Å². The van der Waals surface area contributed by atoms with E-state index in [1.807, 2.05) is 0 Å². The second kappa shape index (κ2) is 7.92. The Morgan fingerprint density at radius 3 is 2.80 bits per heavy atom. The fourth-order valence-corrected chi connectivity index (χ4v) is 6.46. The lowest BCUT2D eigenvalue weighted by atomic mass is 10.0. The van der Waals surface area contributed by atoms with Crippen LogP contribution in [0.4, 0.5) is 0 Å². The number of benzene rings is 1. The second-order valence-electron chi connectivity index (χ2n) is 7.62. The highest BCUT2D eigenvalue weighted by Gasteiger charge is 2.39. The lowest BCUT2D eigenvalue weighted by Crippen LogP contribution is -2.47. The van der Waals surface area contributed by atoms with Crippen LogP contribution in [-0.2, 0) is 21.2 Å². The van der Waals surface area contributed by atoms with Crippen molar-refractivity contribution in [2.75, 3.05) is 17.3 Å². The summed E-state index contributed by atoms with van der Waals surface area (Å²) in [6.07, 6.45) is 1.93. The van der Waals surface area contributed by atoms with Crippen molar-refractivity contribution in [3.8, 4) is 0 Å². The first kappa shape index (κ1) is 20.7. The zero-order valence-corrected chi connectivity index (χ0v) is 18.0. The maximum Gasteiger partial charge on any atom is 0.262 e. The van der Waals surface area contributed by atoms with Crippen LogP contribution >= 0.6 is 11.8 Å². The normalized spacial score (nSPS) is 20.4. The van der Waals surface area contributed by atoms with Crippen molar-refractivity contribution in [2.24, 2.45) is 0 Å². The van der Waals surface area contributed by atoms with Crippen molar-refractivity contribution >= 4 is 38.4 Å². The van der Waals surface area contributed by atoms with Crippen molar-refractivity contribution in [1.82, 2.24) is 14.9 Å². The number of nitrogens with zero attached hydrogens (tertiary/aromatic N) is 2. The highest BCUT2D eigenvalue weighted by atomic mass is 32.2. The summed E-state index contributed by atoms with van der Waals surface area (Å²) in [5, 5.41) is 3.71. The molecular formula is C20H21N3O5S2. The van der Waals surface area contributed by atoms with E-state index in [0.29, 0.717) is 28.2 Å². The number of hydrogen-bond acceptors (Lipinski definition) is 7. The summed E-state index contributed by atoms with van der Waals surface area (Å²) in [5.41, 5.74) is -0.426. The van der Waals surface area contributed by atoms with Gasteiger partial charge in [-0.15, -0.1) is 0 Å². The Kier molecular flexibility index (Phi) is 5.46. The molecule has 1 unspecified atom stereocenters. The van der Waals surface area contributed by atoms with Crippen LogP contribution < -0.4 is 10.9 Å². The lowest BCUT2D eigenvalue weighted by molar-refractivity contribution is -0.120. The maximum atomic E-state index is 13.0. The van der Waals surface area contributed by atoms with E-state index < -0.39 is 15.4 Å². The number of sulfone groups is 1. The molecule has 3 heterocycles. The number of fused-ring (bicyclic) bond motifs is 1. The zero-order valence-electron chi connectivity index (χ0n) is 16.3. The predicted molar refractivity (Wildman–Crippen MR) is 114 cm³/mol. The van der Waals surface area contributed by atoms with Gasteiger partial charge >= 0.3 is 0 Å². The molecule has 2 aromatic heterocycles. The third kappa shape index (κ3) is 4.44. The fraction of sp³-hybridized carbons (Fsp3) is 0.350. The Morgan fingerprint density at radius 1 is 1.30 bits per heavy atom. The van der Waals surface area contributed by atoms with Gasteiger partial charge in [0.05, 0.1) is 46.5 Å². The first-order chi connectivity index (χ1) is 14.2. The number of carbonyl (C=O) groups is 1. The summed E-state index contributed by atoms with van der Waals surface area (Å²) in [5.74, 6) is 0.328. The predicted octanol–water partition coefficient (Wildman–Crippen LogP) is 1.82. The summed E-state index contributed by atoms with van der Waals surface area (Å²) in [6, 6.07) is 10.6. The summed E-state index contributed by atoms with van der Waals surface area (Å²) in [4.78, 5) is 30.1. The van der Waals surface area contributed by atoms with Crippen molar-refractivity contribution in [3.63, 3.8) is 0 Å². The van der Waals surface area contributed by atoms with Gasteiger partial charge in [-0.05, 0) is 37.6 Å². The molecule has 0 aliphatic carbocycles. The average Bonchev–Trinajstić information content (AvgIpc) is 3.29. The number of rotatable bonds is 6. The molecule has 4 rings (SSSR count). The number of hydrogen-bond donors (Lipinski definition) is 1. The smallest absolute Gasteiger partial charge is 0.262 e. The Bertz CT molecular complexity index is 1250. The van der Waals surface area contributed by atoms with E-state index in [0.717, 1.165) is 11.8 Å². The Labute approximate surface area is 177 Å². The number of carbonyl (C=O) groups excluding carboxylic acids is 1. The van der Waals surface area contributed by atoms with Gasteiger partial charge in [0, 0.05) is 0 Å². The molecule has 3 aromatic rings. The minimum atomic E-state index is -3.12. The molecule has 30 heavy (non-hydrogen) atoms. The average molecular weight is 448 g/mol. The van der Waals surface area contributed by atoms with Crippen molar-refractivity contribution in [3.05, 3.63) is 58.8 Å². The van der Waals surface area contributed by atoms with Crippen molar-refractivity contribution in [2.45, 2.75) is 30.6 Å². The molecule has 1 N–H and O–H groups in total. The SMILES string of the molecule is CC1(NC(=O)CSc2nc3ccccc3c(=O)n2Cc2ccco2)CCS(=O)(=O)C1. The number of aromatic nitrogens is 2. The molecule has 8 nitrogen and oxygen atoms in total. The Hall–Kier alpha value is -2.59. The van der Waals surface area contributed by atoms with Gasteiger partial charge in [-0.3, -0.25) is 14.2 Å². The van der Waals surface area contributed by atoms with Crippen LogP contribution in [0.25, 0.3) is 10.9 Å². The Balaban J connectivity index is 1.57. The number of thioether (sulfide) groups is 1. The largest absolute Gasteiger partial charge is 0.467 e. The van der Waals surface area contributed by atoms with Gasteiger partial charge in [0.1, 0.15) is 5.76 Å². The summed E-state index contributed by atoms with van der Waals surface area (Å²) >= 11 is 1.14. The molecular weight excluding hydrogens is 426 g/mol. The molecule has 0 saturated carbocycles. The van der Waals surface area contributed by atoms with Crippen molar-refractivity contribution < 1.29 is 17.6 Å². The van der Waals surface area contributed by atoms with Crippen molar-refractivity contribution in [1.29, 1.82) is 0 Å². The van der Waals surface area contributed by atoms with Gasteiger partial charge < -0.3 is 9.73 Å².